The van der Waals surface area contributed by atoms with Gasteiger partial charge in [-0.15, -0.1) is 0 Å². The van der Waals surface area contributed by atoms with Crippen molar-refractivity contribution in [3.63, 3.8) is 0 Å². The summed E-state index contributed by atoms with van der Waals surface area (Å²) in [5, 5.41) is 0. The van der Waals surface area contributed by atoms with Gasteiger partial charge in [0.15, 0.2) is 0 Å². The van der Waals surface area contributed by atoms with E-state index in [0.717, 1.165) is 29.1 Å². The molecule has 0 atom stereocenters. The van der Waals surface area contributed by atoms with E-state index in [1.54, 1.807) is 36.6 Å². The summed E-state index contributed by atoms with van der Waals surface area (Å²) in [4.78, 5) is 16.5. The molecule has 3 aromatic rings. The Bertz CT molecular complexity index is 969. The first kappa shape index (κ1) is 20.1. The lowest BCUT2D eigenvalue weighted by Crippen LogP contribution is -2.04. The summed E-state index contributed by atoms with van der Waals surface area (Å²) in [7, 11) is 0. The number of furan rings is 1. The molecule has 0 amide bonds. The average Bonchev–Trinajstić information content (AvgIpc) is 3.26. The molecule has 5 nitrogen and oxygen atoms in total. The highest BCUT2D eigenvalue weighted by Crippen LogP contribution is 2.20. The molecule has 148 valence electrons. The molecule has 0 N–H and O–H groups in total. The fourth-order valence-corrected chi connectivity index (χ4v) is 2.55. The summed E-state index contributed by atoms with van der Waals surface area (Å²) < 4.78 is 16.0. The first-order valence-corrected chi connectivity index (χ1v) is 9.46. The molecule has 1 aromatic heterocycles. The highest BCUT2D eigenvalue weighted by molar-refractivity contribution is 6.00. The van der Waals surface area contributed by atoms with Gasteiger partial charge in [0.2, 0.25) is 0 Å². The van der Waals surface area contributed by atoms with Crippen molar-refractivity contribution in [2.45, 2.75) is 20.3 Å². The third-order valence-electron chi connectivity index (χ3n) is 4.02. The summed E-state index contributed by atoms with van der Waals surface area (Å²) >= 11 is 0. The molecule has 29 heavy (non-hydrogen) atoms. The Kier molecular flexibility index (Phi) is 7.00. The van der Waals surface area contributed by atoms with Gasteiger partial charge in [0, 0.05) is 11.8 Å². The molecular formula is C24H23NO4. The lowest BCUT2D eigenvalue weighted by molar-refractivity contribution is -0.128. The van der Waals surface area contributed by atoms with Gasteiger partial charge < -0.3 is 13.9 Å². The van der Waals surface area contributed by atoms with E-state index >= 15 is 0 Å². The van der Waals surface area contributed by atoms with Crippen LogP contribution >= 0.6 is 0 Å². The molecular weight excluding hydrogens is 366 g/mol. The third-order valence-corrected chi connectivity index (χ3v) is 4.02. The molecule has 0 fully saturated rings. The summed E-state index contributed by atoms with van der Waals surface area (Å²) in [6, 6.07) is 18.4. The van der Waals surface area contributed by atoms with Gasteiger partial charge in [-0.1, -0.05) is 6.92 Å². The fourth-order valence-electron chi connectivity index (χ4n) is 2.55. The number of benzene rings is 2. The number of rotatable bonds is 8. The zero-order valence-electron chi connectivity index (χ0n) is 16.5. The minimum atomic E-state index is -0.468. The van der Waals surface area contributed by atoms with Crippen molar-refractivity contribution < 1.29 is 18.7 Å². The minimum absolute atomic E-state index is 0.466. The molecule has 1 heterocycles. The van der Waals surface area contributed by atoms with E-state index in [-0.39, 0.29) is 0 Å². The van der Waals surface area contributed by atoms with Crippen molar-refractivity contribution in [2.75, 3.05) is 6.61 Å². The maximum atomic E-state index is 11.9. The Morgan fingerprint density at radius 2 is 1.76 bits per heavy atom. The molecule has 0 aliphatic carbocycles. The fraction of sp³-hybridized carbons (Fsp3) is 0.167. The molecule has 0 saturated carbocycles. The Morgan fingerprint density at radius 3 is 2.41 bits per heavy atom. The summed E-state index contributed by atoms with van der Waals surface area (Å²) in [6.07, 6.45) is 5.41. The minimum Gasteiger partial charge on any atom is -0.494 e. The van der Waals surface area contributed by atoms with Crippen molar-refractivity contribution >= 4 is 23.4 Å². The molecule has 0 unspecified atom stereocenters. The Morgan fingerprint density at radius 1 is 1.03 bits per heavy atom. The van der Waals surface area contributed by atoms with E-state index in [1.807, 2.05) is 43.3 Å². The Hall–Kier alpha value is -3.60. The highest BCUT2D eigenvalue weighted by Gasteiger charge is 2.04. The summed E-state index contributed by atoms with van der Waals surface area (Å²) in [6.45, 7) is 4.72. The number of carbonyl (C=O) groups excluding carboxylic acids is 1. The second-order valence-corrected chi connectivity index (χ2v) is 6.33. The molecule has 0 aliphatic heterocycles. The van der Waals surface area contributed by atoms with Crippen LogP contribution in [0.2, 0.25) is 0 Å². The maximum Gasteiger partial charge on any atom is 0.336 e. The standard InChI is InChI=1S/C24H23NO4/c1-3-16-27-22-12-8-20(9-13-22)25-18(2)19-6-10-23(11-7-19)29-24(26)15-14-21-5-4-17-28-21/h4-15,17H,3,16H2,1-2H3/b15-14+,25-18?. The largest absolute Gasteiger partial charge is 0.494 e. The van der Waals surface area contributed by atoms with Gasteiger partial charge in [0.25, 0.3) is 0 Å². The van der Waals surface area contributed by atoms with Crippen molar-refractivity contribution in [1.29, 1.82) is 0 Å². The monoisotopic (exact) mass is 389 g/mol. The molecule has 0 aliphatic rings. The predicted octanol–water partition coefficient (Wildman–Crippen LogP) is 5.83. The molecule has 0 saturated heterocycles. The van der Waals surface area contributed by atoms with Gasteiger partial charge in [0.1, 0.15) is 17.3 Å². The van der Waals surface area contributed by atoms with Gasteiger partial charge in [-0.2, -0.15) is 0 Å². The van der Waals surface area contributed by atoms with E-state index in [1.165, 1.54) is 6.08 Å². The average molecular weight is 389 g/mol. The molecule has 0 bridgehead atoms. The van der Waals surface area contributed by atoms with Crippen LogP contribution < -0.4 is 9.47 Å². The van der Waals surface area contributed by atoms with E-state index in [2.05, 4.69) is 11.9 Å². The van der Waals surface area contributed by atoms with E-state index in [4.69, 9.17) is 13.9 Å². The van der Waals surface area contributed by atoms with Crippen LogP contribution in [-0.2, 0) is 4.79 Å². The van der Waals surface area contributed by atoms with Crippen LogP contribution in [0.3, 0.4) is 0 Å². The van der Waals surface area contributed by atoms with Crippen LogP contribution in [0.5, 0.6) is 11.5 Å². The number of carbonyl (C=O) groups is 1. The number of nitrogens with zero attached hydrogens (tertiary/aromatic N) is 1. The van der Waals surface area contributed by atoms with Crippen LogP contribution in [0.15, 0.2) is 82.4 Å². The van der Waals surface area contributed by atoms with E-state index in [9.17, 15) is 4.79 Å². The zero-order chi connectivity index (χ0) is 20.5. The highest BCUT2D eigenvalue weighted by atomic mass is 16.5. The number of aliphatic imine (C=N–C) groups is 1. The second kappa shape index (κ2) is 10.1. The number of hydrogen-bond donors (Lipinski definition) is 0. The smallest absolute Gasteiger partial charge is 0.336 e. The molecule has 2 aromatic carbocycles. The maximum absolute atomic E-state index is 11.9. The second-order valence-electron chi connectivity index (χ2n) is 6.33. The lowest BCUT2D eigenvalue weighted by atomic mass is 10.1. The number of ether oxygens (including phenoxy) is 2. The Balaban J connectivity index is 1.60. The van der Waals surface area contributed by atoms with Gasteiger partial charge >= 0.3 is 5.97 Å². The zero-order valence-corrected chi connectivity index (χ0v) is 16.5. The first-order valence-electron chi connectivity index (χ1n) is 9.46. The molecule has 5 heteroatoms. The molecule has 0 spiro atoms. The van der Waals surface area contributed by atoms with Crippen LogP contribution in [0.4, 0.5) is 5.69 Å². The normalized spacial score (nSPS) is 11.6. The number of hydrogen-bond acceptors (Lipinski definition) is 5. The van der Waals surface area contributed by atoms with E-state index in [0.29, 0.717) is 18.1 Å². The topological polar surface area (TPSA) is 61.0 Å². The summed E-state index contributed by atoms with van der Waals surface area (Å²) in [5.74, 6) is 1.43. The quantitative estimate of drug-likeness (QED) is 0.210. The molecule has 3 rings (SSSR count). The van der Waals surface area contributed by atoms with Crippen molar-refractivity contribution in [3.8, 4) is 11.5 Å². The van der Waals surface area contributed by atoms with Gasteiger partial charge in [-0.05, 0) is 85.6 Å². The van der Waals surface area contributed by atoms with Gasteiger partial charge in [-0.25, -0.2) is 4.79 Å². The van der Waals surface area contributed by atoms with Gasteiger partial charge in [-0.3, -0.25) is 4.99 Å². The Labute approximate surface area is 170 Å². The predicted molar refractivity (Wildman–Crippen MR) is 114 cm³/mol. The van der Waals surface area contributed by atoms with Crippen molar-refractivity contribution in [2.24, 2.45) is 4.99 Å². The van der Waals surface area contributed by atoms with Crippen LogP contribution in [0, 0.1) is 0 Å². The van der Waals surface area contributed by atoms with E-state index < -0.39 is 5.97 Å². The number of esters is 1. The van der Waals surface area contributed by atoms with Crippen LogP contribution in [0.25, 0.3) is 6.08 Å². The van der Waals surface area contributed by atoms with Crippen molar-refractivity contribution in [3.05, 3.63) is 84.3 Å². The third kappa shape index (κ3) is 6.21. The van der Waals surface area contributed by atoms with Crippen molar-refractivity contribution in [1.82, 2.24) is 0 Å². The first-order chi connectivity index (χ1) is 14.1. The molecule has 0 radical (unpaired) electrons. The van der Waals surface area contributed by atoms with Crippen LogP contribution in [0.1, 0.15) is 31.6 Å². The SMILES string of the molecule is CCCOc1ccc(N=C(C)c2ccc(OC(=O)/C=C/c3ccco3)cc2)cc1. The summed E-state index contributed by atoms with van der Waals surface area (Å²) in [5.41, 5.74) is 2.66. The van der Waals surface area contributed by atoms with Gasteiger partial charge in [0.05, 0.1) is 18.6 Å². The van der Waals surface area contributed by atoms with Crippen LogP contribution in [-0.4, -0.2) is 18.3 Å². The lowest BCUT2D eigenvalue weighted by Gasteiger charge is -2.06.